The van der Waals surface area contributed by atoms with Crippen LogP contribution in [0, 0.1) is 11.8 Å². The standard InChI is InChI=1S/C19H19ClN4O5S/c1-30(27,28)24-10-9-23(18(24)26)17(25)22-8-7-19(13-22)12-16(21-29-19)6-5-14-3-2-4-15(20)11-14/h2-4,11-12,21H,7-10,13H2,1H3. The Hall–Kier alpha value is -2.74. The summed E-state index contributed by atoms with van der Waals surface area (Å²) in [6, 6.07) is 5.82. The van der Waals surface area contributed by atoms with E-state index in [-0.39, 0.29) is 19.6 Å². The number of rotatable bonds is 1. The Morgan fingerprint density at radius 1 is 1.27 bits per heavy atom. The number of nitrogens with one attached hydrogen (secondary N) is 1. The van der Waals surface area contributed by atoms with Crippen molar-refractivity contribution in [2.75, 3.05) is 32.4 Å². The second-order valence-electron chi connectivity index (χ2n) is 7.31. The predicted octanol–water partition coefficient (Wildman–Crippen LogP) is 1.37. The van der Waals surface area contributed by atoms with Crippen molar-refractivity contribution in [3.05, 3.63) is 46.6 Å². The lowest BCUT2D eigenvalue weighted by Gasteiger charge is -2.24. The number of hydrogen-bond acceptors (Lipinski definition) is 6. The molecule has 0 aromatic heterocycles. The summed E-state index contributed by atoms with van der Waals surface area (Å²) in [6.07, 6.45) is 3.29. The van der Waals surface area contributed by atoms with Gasteiger partial charge in [-0.15, -0.1) is 0 Å². The number of benzene rings is 1. The van der Waals surface area contributed by atoms with Gasteiger partial charge in [-0.2, -0.15) is 0 Å². The van der Waals surface area contributed by atoms with Gasteiger partial charge in [0, 0.05) is 23.6 Å². The molecule has 1 spiro atoms. The van der Waals surface area contributed by atoms with Crippen molar-refractivity contribution < 1.29 is 22.8 Å². The highest BCUT2D eigenvalue weighted by Crippen LogP contribution is 2.32. The summed E-state index contributed by atoms with van der Waals surface area (Å²) >= 11 is 5.96. The van der Waals surface area contributed by atoms with Gasteiger partial charge in [-0.05, 0) is 30.2 Å². The van der Waals surface area contributed by atoms with E-state index in [4.69, 9.17) is 16.4 Å². The minimum atomic E-state index is -3.70. The van der Waals surface area contributed by atoms with Gasteiger partial charge in [0.1, 0.15) is 11.3 Å². The number of hydrogen-bond donors (Lipinski definition) is 1. The van der Waals surface area contributed by atoms with E-state index in [1.165, 1.54) is 4.90 Å². The molecule has 1 atom stereocenters. The maximum absolute atomic E-state index is 12.8. The Morgan fingerprint density at radius 3 is 2.77 bits per heavy atom. The van der Waals surface area contributed by atoms with Crippen molar-refractivity contribution in [3.8, 4) is 11.8 Å². The number of hydroxylamine groups is 1. The zero-order valence-corrected chi connectivity index (χ0v) is 17.7. The zero-order valence-electron chi connectivity index (χ0n) is 16.1. The van der Waals surface area contributed by atoms with Gasteiger partial charge >= 0.3 is 12.1 Å². The molecule has 30 heavy (non-hydrogen) atoms. The van der Waals surface area contributed by atoms with Gasteiger partial charge < -0.3 is 4.90 Å². The van der Waals surface area contributed by atoms with Crippen LogP contribution in [-0.2, 0) is 14.9 Å². The molecule has 11 heteroatoms. The molecule has 2 saturated heterocycles. The SMILES string of the molecule is CS(=O)(=O)N1CCN(C(=O)N2CCC3(C=C(C#Cc4cccc(Cl)c4)NO3)C2)C1=O. The van der Waals surface area contributed by atoms with E-state index in [9.17, 15) is 18.0 Å². The quantitative estimate of drug-likeness (QED) is 0.649. The first-order chi connectivity index (χ1) is 14.2. The largest absolute Gasteiger partial charge is 0.341 e. The van der Waals surface area contributed by atoms with Gasteiger partial charge in [-0.25, -0.2) is 27.2 Å². The van der Waals surface area contributed by atoms with Gasteiger partial charge in [0.2, 0.25) is 10.0 Å². The zero-order chi connectivity index (χ0) is 21.5. The molecule has 4 amide bonds. The van der Waals surface area contributed by atoms with Crippen LogP contribution in [0.25, 0.3) is 0 Å². The fourth-order valence-corrected chi connectivity index (χ4v) is 4.57. The van der Waals surface area contributed by atoms with Gasteiger partial charge in [0.25, 0.3) is 0 Å². The second kappa shape index (κ2) is 7.50. The Kier molecular flexibility index (Phi) is 5.13. The number of halogens is 1. The van der Waals surface area contributed by atoms with Crippen LogP contribution < -0.4 is 5.48 Å². The predicted molar refractivity (Wildman–Crippen MR) is 109 cm³/mol. The van der Waals surface area contributed by atoms with Crippen LogP contribution in [0.5, 0.6) is 0 Å². The minimum absolute atomic E-state index is 0.0273. The van der Waals surface area contributed by atoms with Crippen molar-refractivity contribution >= 4 is 33.7 Å². The summed E-state index contributed by atoms with van der Waals surface area (Å²) in [6.45, 7) is 0.585. The van der Waals surface area contributed by atoms with Crippen LogP contribution in [0.15, 0.2) is 36.0 Å². The Labute approximate surface area is 179 Å². The summed E-state index contributed by atoms with van der Waals surface area (Å²) < 4.78 is 24.0. The van der Waals surface area contributed by atoms with Gasteiger partial charge in [-0.1, -0.05) is 23.6 Å². The Balaban J connectivity index is 1.43. The fourth-order valence-electron chi connectivity index (χ4n) is 3.59. The van der Waals surface area contributed by atoms with Gasteiger partial charge in [-0.3, -0.25) is 10.3 Å². The average Bonchev–Trinajstić information content (AvgIpc) is 3.39. The lowest BCUT2D eigenvalue weighted by Crippen LogP contribution is -2.46. The molecule has 4 rings (SSSR count). The van der Waals surface area contributed by atoms with E-state index in [0.717, 1.165) is 16.7 Å². The molecule has 2 fully saturated rings. The van der Waals surface area contributed by atoms with Crippen molar-refractivity contribution in [1.29, 1.82) is 0 Å². The van der Waals surface area contributed by atoms with Gasteiger partial charge in [0.15, 0.2) is 0 Å². The maximum Gasteiger partial charge on any atom is 0.341 e. The Bertz CT molecular complexity index is 1110. The van der Waals surface area contributed by atoms with Crippen molar-refractivity contribution in [3.63, 3.8) is 0 Å². The van der Waals surface area contributed by atoms with Crippen molar-refractivity contribution in [2.24, 2.45) is 0 Å². The lowest BCUT2D eigenvalue weighted by atomic mass is 10.0. The smallest absolute Gasteiger partial charge is 0.321 e. The van der Waals surface area contributed by atoms with Crippen LogP contribution >= 0.6 is 11.6 Å². The number of imide groups is 1. The number of sulfonamides is 1. The minimum Gasteiger partial charge on any atom is -0.321 e. The summed E-state index contributed by atoms with van der Waals surface area (Å²) in [5.74, 6) is 5.98. The highest BCUT2D eigenvalue weighted by atomic mass is 35.5. The molecule has 3 aliphatic rings. The molecule has 1 N–H and O–H groups in total. The third kappa shape index (κ3) is 3.96. The molecule has 158 valence electrons. The van der Waals surface area contributed by atoms with Crippen LogP contribution in [0.1, 0.15) is 12.0 Å². The first-order valence-electron chi connectivity index (χ1n) is 9.19. The molecule has 0 bridgehead atoms. The number of urea groups is 2. The molecule has 3 heterocycles. The van der Waals surface area contributed by atoms with E-state index in [2.05, 4.69) is 17.3 Å². The van der Waals surface area contributed by atoms with Crippen LogP contribution in [0.2, 0.25) is 5.02 Å². The molecule has 0 radical (unpaired) electrons. The normalized spacial score (nSPS) is 23.5. The number of carbonyl (C=O) groups excluding carboxylic acids is 2. The number of nitrogens with zero attached hydrogens (tertiary/aromatic N) is 3. The molecule has 1 aromatic carbocycles. The lowest BCUT2D eigenvalue weighted by molar-refractivity contribution is -0.0297. The number of likely N-dealkylation sites (tertiary alicyclic amines) is 1. The second-order valence-corrected chi connectivity index (χ2v) is 9.65. The highest BCUT2D eigenvalue weighted by molar-refractivity contribution is 7.88. The monoisotopic (exact) mass is 450 g/mol. The molecular formula is C19H19ClN4O5S. The van der Waals surface area contributed by atoms with Crippen molar-refractivity contribution in [1.82, 2.24) is 19.6 Å². The van der Waals surface area contributed by atoms with E-state index in [0.29, 0.717) is 28.0 Å². The van der Waals surface area contributed by atoms with E-state index in [1.54, 1.807) is 12.1 Å². The maximum atomic E-state index is 12.8. The molecule has 1 aromatic rings. The topological polar surface area (TPSA) is 99.3 Å². The first-order valence-corrected chi connectivity index (χ1v) is 11.4. The number of amides is 4. The summed E-state index contributed by atoms with van der Waals surface area (Å²) in [4.78, 5) is 33.2. The summed E-state index contributed by atoms with van der Waals surface area (Å²) in [5.41, 5.74) is 3.38. The van der Waals surface area contributed by atoms with Crippen LogP contribution in [0.3, 0.4) is 0 Å². The number of allylic oxidation sites excluding steroid dienone is 1. The molecule has 3 aliphatic heterocycles. The summed E-state index contributed by atoms with van der Waals surface area (Å²) in [7, 11) is -3.70. The first kappa shape index (κ1) is 20.5. The van der Waals surface area contributed by atoms with Crippen molar-refractivity contribution in [2.45, 2.75) is 12.0 Å². The number of carbonyl (C=O) groups is 2. The van der Waals surface area contributed by atoms with E-state index >= 15 is 0 Å². The van der Waals surface area contributed by atoms with E-state index in [1.807, 2.05) is 18.2 Å². The van der Waals surface area contributed by atoms with Crippen LogP contribution in [-0.4, -0.2) is 72.6 Å². The van der Waals surface area contributed by atoms with Gasteiger partial charge in [0.05, 0.1) is 25.9 Å². The third-order valence-corrected chi connectivity index (χ3v) is 6.45. The molecule has 1 unspecified atom stereocenters. The third-order valence-electron chi connectivity index (χ3n) is 5.07. The fraction of sp³-hybridized carbons (Fsp3) is 0.368. The molecule has 0 saturated carbocycles. The highest BCUT2D eigenvalue weighted by Gasteiger charge is 2.47. The average molecular weight is 451 g/mol. The molecular weight excluding hydrogens is 432 g/mol. The molecule has 9 nitrogen and oxygen atoms in total. The van der Waals surface area contributed by atoms with Crippen LogP contribution in [0.4, 0.5) is 9.59 Å². The summed E-state index contributed by atoms with van der Waals surface area (Å²) in [5, 5.41) is 0.596. The molecule has 0 aliphatic carbocycles. The van der Waals surface area contributed by atoms with E-state index < -0.39 is 27.7 Å². The Morgan fingerprint density at radius 2 is 2.07 bits per heavy atom.